The molecule has 0 bridgehead atoms. The molecular weight excluding hydrogens is 426 g/mol. The van der Waals surface area contributed by atoms with Crippen molar-refractivity contribution in [1.29, 1.82) is 0 Å². The minimum Gasteiger partial charge on any atom is -0.497 e. The summed E-state index contributed by atoms with van der Waals surface area (Å²) in [5, 5.41) is 6.61. The Balaban J connectivity index is 1.89. The van der Waals surface area contributed by atoms with Gasteiger partial charge in [0.2, 0.25) is 0 Å². The molecule has 0 aromatic heterocycles. The number of esters is 1. The van der Waals surface area contributed by atoms with E-state index in [1.54, 1.807) is 49.4 Å². The van der Waals surface area contributed by atoms with E-state index in [1.807, 2.05) is 39.0 Å². The predicted octanol–water partition coefficient (Wildman–Crippen LogP) is 4.03. The lowest BCUT2D eigenvalue weighted by molar-refractivity contribution is -0.143. The van der Waals surface area contributed by atoms with Gasteiger partial charge >= 0.3 is 5.97 Å². The molecule has 0 saturated heterocycles. The summed E-state index contributed by atoms with van der Waals surface area (Å²) >= 11 is 5.45. The van der Waals surface area contributed by atoms with Crippen molar-refractivity contribution in [3.8, 4) is 5.75 Å². The van der Waals surface area contributed by atoms with Crippen molar-refractivity contribution in [3.05, 3.63) is 70.9 Å². The van der Waals surface area contributed by atoms with Gasteiger partial charge < -0.3 is 25.0 Å². The number of methoxy groups -OCH3 is 1. The minimum atomic E-state index is -0.497. The molecule has 0 aliphatic carbocycles. The summed E-state index contributed by atoms with van der Waals surface area (Å²) in [7, 11) is 3.37. The number of thiocarbonyl (C=S) groups is 1. The van der Waals surface area contributed by atoms with Crippen molar-refractivity contribution in [2.75, 3.05) is 19.5 Å². The summed E-state index contributed by atoms with van der Waals surface area (Å²) in [6.07, 6.45) is -0.252. The number of carbonyl (C=O) groups excluding carboxylic acids is 2. The Hall–Kier alpha value is -3.39. The second-order valence-electron chi connectivity index (χ2n) is 7.70. The van der Waals surface area contributed by atoms with Gasteiger partial charge in [-0.25, -0.2) is 4.79 Å². The number of amides is 1. The molecule has 1 aliphatic rings. The quantitative estimate of drug-likeness (QED) is 0.505. The molecule has 3 rings (SSSR count). The molecule has 0 saturated carbocycles. The zero-order valence-corrected chi connectivity index (χ0v) is 19.6. The van der Waals surface area contributed by atoms with Crippen molar-refractivity contribution < 1.29 is 19.1 Å². The average molecular weight is 454 g/mol. The lowest BCUT2D eigenvalue weighted by Crippen LogP contribution is -2.46. The van der Waals surface area contributed by atoms with E-state index < -0.39 is 12.0 Å². The van der Waals surface area contributed by atoms with Crippen LogP contribution in [0.15, 0.2) is 59.8 Å². The molecule has 1 aliphatic heterocycles. The van der Waals surface area contributed by atoms with E-state index in [0.29, 0.717) is 27.7 Å². The van der Waals surface area contributed by atoms with Crippen LogP contribution in [0.2, 0.25) is 0 Å². The first-order chi connectivity index (χ1) is 15.2. The Morgan fingerprint density at radius 1 is 1.16 bits per heavy atom. The molecule has 0 radical (unpaired) electrons. The third kappa shape index (κ3) is 5.08. The van der Waals surface area contributed by atoms with Crippen LogP contribution < -0.4 is 15.4 Å². The number of hydrogen-bond donors (Lipinski definition) is 2. The fourth-order valence-corrected chi connectivity index (χ4v) is 3.62. The van der Waals surface area contributed by atoms with E-state index >= 15 is 0 Å². The van der Waals surface area contributed by atoms with Crippen molar-refractivity contribution in [2.45, 2.75) is 32.9 Å². The zero-order chi connectivity index (χ0) is 23.4. The molecular formula is C24H27N3O4S. The van der Waals surface area contributed by atoms with Gasteiger partial charge in [-0.2, -0.15) is 0 Å². The summed E-state index contributed by atoms with van der Waals surface area (Å²) in [6, 6.07) is 13.7. The number of ether oxygens (including phenoxy) is 2. The van der Waals surface area contributed by atoms with Crippen LogP contribution in [0.5, 0.6) is 5.75 Å². The largest absolute Gasteiger partial charge is 0.497 e. The van der Waals surface area contributed by atoms with Crippen LogP contribution >= 0.6 is 12.2 Å². The number of carbonyl (C=O) groups is 2. The predicted molar refractivity (Wildman–Crippen MR) is 128 cm³/mol. The highest BCUT2D eigenvalue weighted by molar-refractivity contribution is 7.80. The van der Waals surface area contributed by atoms with Crippen LogP contribution in [0.4, 0.5) is 5.69 Å². The Morgan fingerprint density at radius 3 is 2.47 bits per heavy atom. The van der Waals surface area contributed by atoms with Gasteiger partial charge in [0.1, 0.15) is 5.75 Å². The normalized spacial score (nSPS) is 16.0. The Labute approximate surface area is 193 Å². The van der Waals surface area contributed by atoms with E-state index in [9.17, 15) is 9.59 Å². The number of nitrogens with zero attached hydrogens (tertiary/aromatic N) is 1. The molecule has 0 spiro atoms. The van der Waals surface area contributed by atoms with Gasteiger partial charge in [0.25, 0.3) is 5.91 Å². The molecule has 0 unspecified atom stereocenters. The average Bonchev–Trinajstić information content (AvgIpc) is 2.76. The Morgan fingerprint density at radius 2 is 1.84 bits per heavy atom. The van der Waals surface area contributed by atoms with E-state index in [0.717, 1.165) is 11.3 Å². The summed E-state index contributed by atoms with van der Waals surface area (Å²) in [5.41, 5.74) is 3.09. The molecule has 2 aromatic rings. The number of benzene rings is 2. The maximum atomic E-state index is 12.9. The van der Waals surface area contributed by atoms with Gasteiger partial charge in [-0.15, -0.1) is 0 Å². The summed E-state index contributed by atoms with van der Waals surface area (Å²) in [4.78, 5) is 27.3. The van der Waals surface area contributed by atoms with E-state index in [2.05, 4.69) is 10.6 Å². The SMILES string of the molecule is COc1ccc(C(=O)Nc2cccc([C@H]3NC(=S)N(C)C(C)=C3C(=O)OC(C)C)c2)cc1. The van der Waals surface area contributed by atoms with Crippen LogP contribution in [0, 0.1) is 0 Å². The maximum absolute atomic E-state index is 12.9. The Bertz CT molecular complexity index is 1060. The fraction of sp³-hybridized carbons (Fsp3) is 0.292. The van der Waals surface area contributed by atoms with Gasteiger partial charge in [-0.1, -0.05) is 12.1 Å². The maximum Gasteiger partial charge on any atom is 0.338 e. The molecule has 1 heterocycles. The third-order valence-electron chi connectivity index (χ3n) is 5.15. The molecule has 7 nitrogen and oxygen atoms in total. The van der Waals surface area contributed by atoms with Crippen LogP contribution in [0.1, 0.15) is 42.7 Å². The number of allylic oxidation sites excluding steroid dienone is 1. The summed E-state index contributed by atoms with van der Waals surface area (Å²) in [5.74, 6) is 0.0238. The first-order valence-electron chi connectivity index (χ1n) is 10.2. The number of nitrogens with one attached hydrogen (secondary N) is 2. The van der Waals surface area contributed by atoms with Gasteiger partial charge in [-0.3, -0.25) is 4.79 Å². The van der Waals surface area contributed by atoms with Crippen molar-refractivity contribution in [1.82, 2.24) is 10.2 Å². The molecule has 8 heteroatoms. The highest BCUT2D eigenvalue weighted by atomic mass is 32.1. The first kappa shape index (κ1) is 23.3. The molecule has 168 valence electrons. The van der Waals surface area contributed by atoms with E-state index in [-0.39, 0.29) is 12.0 Å². The third-order valence-corrected chi connectivity index (χ3v) is 5.54. The van der Waals surface area contributed by atoms with Crippen molar-refractivity contribution >= 4 is 34.9 Å². The fourth-order valence-electron chi connectivity index (χ4n) is 3.37. The van der Waals surface area contributed by atoms with Crippen LogP contribution in [0.25, 0.3) is 0 Å². The number of rotatable bonds is 6. The van der Waals surface area contributed by atoms with Gasteiger partial charge in [-0.05, 0) is 75.0 Å². The molecule has 1 atom stereocenters. The molecule has 0 fully saturated rings. The molecule has 2 N–H and O–H groups in total. The van der Waals surface area contributed by atoms with Crippen LogP contribution in [0.3, 0.4) is 0 Å². The lowest BCUT2D eigenvalue weighted by Gasteiger charge is -2.35. The lowest BCUT2D eigenvalue weighted by atomic mass is 9.94. The monoisotopic (exact) mass is 453 g/mol. The second kappa shape index (κ2) is 9.82. The second-order valence-corrected chi connectivity index (χ2v) is 8.09. The van der Waals surface area contributed by atoms with E-state index in [1.165, 1.54) is 0 Å². The number of hydrogen-bond acceptors (Lipinski definition) is 5. The molecule has 32 heavy (non-hydrogen) atoms. The molecule has 1 amide bonds. The van der Waals surface area contributed by atoms with Gasteiger partial charge in [0, 0.05) is 24.0 Å². The minimum absolute atomic E-state index is 0.247. The number of anilines is 1. The standard InChI is InChI=1S/C24H27N3O4S/c1-14(2)31-23(29)20-15(3)27(4)24(32)26-21(20)17-7-6-8-18(13-17)25-22(28)16-9-11-19(30-5)12-10-16/h6-14,21H,1-5H3,(H,25,28)(H,26,32)/t21-/m1/s1. The van der Waals surface area contributed by atoms with Crippen LogP contribution in [-0.2, 0) is 9.53 Å². The smallest absolute Gasteiger partial charge is 0.338 e. The van der Waals surface area contributed by atoms with Crippen LogP contribution in [-0.4, -0.2) is 42.2 Å². The van der Waals surface area contributed by atoms with Gasteiger partial charge in [0.15, 0.2) is 5.11 Å². The Kier molecular flexibility index (Phi) is 7.15. The highest BCUT2D eigenvalue weighted by Crippen LogP contribution is 2.32. The van der Waals surface area contributed by atoms with Gasteiger partial charge in [0.05, 0.1) is 24.8 Å². The summed E-state index contributed by atoms with van der Waals surface area (Å²) in [6.45, 7) is 5.46. The zero-order valence-electron chi connectivity index (χ0n) is 18.8. The summed E-state index contributed by atoms with van der Waals surface area (Å²) < 4.78 is 10.6. The highest BCUT2D eigenvalue weighted by Gasteiger charge is 2.34. The first-order valence-corrected chi connectivity index (χ1v) is 10.6. The van der Waals surface area contributed by atoms with E-state index in [4.69, 9.17) is 21.7 Å². The van der Waals surface area contributed by atoms with Crippen molar-refractivity contribution in [3.63, 3.8) is 0 Å². The molecule has 2 aromatic carbocycles. The topological polar surface area (TPSA) is 79.9 Å². The van der Waals surface area contributed by atoms with Crippen molar-refractivity contribution in [2.24, 2.45) is 0 Å².